The highest BCUT2D eigenvalue weighted by atomic mass is 14.5. The maximum absolute atomic E-state index is 2.51. The predicted octanol–water partition coefficient (Wildman–Crippen LogP) is 17.3. The lowest BCUT2D eigenvalue weighted by Crippen LogP contribution is -2.43. The molecule has 0 heterocycles. The Morgan fingerprint density at radius 3 is 0.684 bits per heavy atom. The minimum Gasteiger partial charge on any atom is -0.0625 e. The first-order valence-corrected chi connectivity index (χ1v) is 28.1. The molecule has 6 unspecified atom stereocenters. The van der Waals surface area contributed by atoms with E-state index in [1.54, 1.807) is 218 Å². The third-order valence-corrected chi connectivity index (χ3v) is 23.1. The molecule has 6 atom stereocenters. The molecule has 0 bridgehead atoms. The lowest BCUT2D eigenvalue weighted by Gasteiger charge is -2.53. The topological polar surface area (TPSA) is 0 Å². The second-order valence-corrected chi connectivity index (χ2v) is 25.4. The Hall–Kier alpha value is 0. The summed E-state index contributed by atoms with van der Waals surface area (Å²) >= 11 is 0. The van der Waals surface area contributed by atoms with Gasteiger partial charge in [0, 0.05) is 0 Å². The normalized spacial score (nSPS) is 50.7. The van der Waals surface area contributed by atoms with Crippen LogP contribution in [0, 0.1) is 112 Å². The summed E-state index contributed by atoms with van der Waals surface area (Å²) in [6.45, 7) is 2.51. The summed E-state index contributed by atoms with van der Waals surface area (Å²) in [6.07, 6.45) is 59.2. The molecule has 10 aliphatic carbocycles. The molecule has 0 aromatic rings. The van der Waals surface area contributed by atoms with Gasteiger partial charge >= 0.3 is 0 Å². The van der Waals surface area contributed by atoms with Crippen LogP contribution < -0.4 is 0 Å². The fourth-order valence-electron chi connectivity index (χ4n) is 19.5. The van der Waals surface area contributed by atoms with Crippen LogP contribution in [-0.2, 0) is 0 Å². The first-order chi connectivity index (χ1) is 28.1. The summed E-state index contributed by atoms with van der Waals surface area (Å²) in [4.78, 5) is 0. The highest BCUT2D eigenvalue weighted by Gasteiger charge is 2.47. The smallest absolute Gasteiger partial charge is 0.0355 e. The molecule has 0 heteroatoms. The van der Waals surface area contributed by atoms with Crippen LogP contribution in [0.3, 0.4) is 0 Å². The van der Waals surface area contributed by atoms with Crippen molar-refractivity contribution < 1.29 is 0 Å². The van der Waals surface area contributed by atoms with Gasteiger partial charge in [0.25, 0.3) is 0 Å². The van der Waals surface area contributed by atoms with Gasteiger partial charge in [-0.1, -0.05) is 51.9 Å². The van der Waals surface area contributed by atoms with Crippen molar-refractivity contribution in [3.05, 3.63) is 0 Å². The van der Waals surface area contributed by atoms with Crippen molar-refractivity contribution in [2.75, 3.05) is 0 Å². The molecule has 0 spiro atoms. The van der Waals surface area contributed by atoms with Crippen LogP contribution in [0.1, 0.15) is 244 Å². The Morgan fingerprint density at radius 2 is 0.386 bits per heavy atom. The van der Waals surface area contributed by atoms with E-state index in [1.807, 2.05) is 0 Å². The van der Waals surface area contributed by atoms with E-state index >= 15 is 0 Å². The van der Waals surface area contributed by atoms with E-state index in [0.717, 1.165) is 112 Å². The standard InChI is InChI=1S/C57H96/c1-39-7-9-50(10-8-39)52-33-35-56-54(37-52)31-32-55-38-53(34-36-57(55)56)51-29-27-49(28-30-51)48-25-23-47(24-26-48)46-21-19-45(20-22-46)44-17-15-43(16-18-44)42-13-11-41(12-14-42)40-5-3-2-4-6-40/h39-57H,2-38H2,1H3. The number of hydrogen-bond acceptors (Lipinski definition) is 0. The molecule has 10 aliphatic rings. The Balaban J connectivity index is 0.599. The summed E-state index contributed by atoms with van der Waals surface area (Å²) in [5.74, 6) is 21.1. The van der Waals surface area contributed by atoms with Crippen molar-refractivity contribution in [2.45, 2.75) is 244 Å². The first kappa shape index (κ1) is 41.0. The van der Waals surface area contributed by atoms with Crippen LogP contribution in [0.2, 0.25) is 0 Å². The van der Waals surface area contributed by atoms with Crippen molar-refractivity contribution in [2.24, 2.45) is 112 Å². The molecule has 57 heavy (non-hydrogen) atoms. The van der Waals surface area contributed by atoms with Gasteiger partial charge in [0.05, 0.1) is 0 Å². The van der Waals surface area contributed by atoms with Crippen LogP contribution in [0.15, 0.2) is 0 Å². The minimum atomic E-state index is 1.02. The van der Waals surface area contributed by atoms with Gasteiger partial charge in [-0.15, -0.1) is 0 Å². The van der Waals surface area contributed by atoms with Gasteiger partial charge in [-0.05, 0) is 305 Å². The molecule has 10 rings (SSSR count). The summed E-state index contributed by atoms with van der Waals surface area (Å²) in [6, 6.07) is 0. The van der Waals surface area contributed by atoms with E-state index in [-0.39, 0.29) is 0 Å². The maximum Gasteiger partial charge on any atom is -0.0355 e. The monoisotopic (exact) mass is 781 g/mol. The average molecular weight is 781 g/mol. The molecule has 0 aromatic heterocycles. The molecule has 0 amide bonds. The zero-order chi connectivity index (χ0) is 38.1. The molecule has 10 fully saturated rings. The van der Waals surface area contributed by atoms with Gasteiger partial charge in [-0.3, -0.25) is 0 Å². The van der Waals surface area contributed by atoms with Crippen molar-refractivity contribution in [3.63, 3.8) is 0 Å². The predicted molar refractivity (Wildman–Crippen MR) is 243 cm³/mol. The summed E-state index contributed by atoms with van der Waals surface area (Å²) < 4.78 is 0. The first-order valence-electron chi connectivity index (χ1n) is 28.1. The lowest BCUT2D eigenvalue weighted by atomic mass is 9.53. The molecule has 0 N–H and O–H groups in total. The highest BCUT2D eigenvalue weighted by Crippen LogP contribution is 2.58. The van der Waals surface area contributed by atoms with E-state index in [1.165, 1.54) is 19.3 Å². The van der Waals surface area contributed by atoms with Crippen LogP contribution in [-0.4, -0.2) is 0 Å². The van der Waals surface area contributed by atoms with E-state index in [2.05, 4.69) is 6.92 Å². The molecular weight excluding hydrogens is 685 g/mol. The van der Waals surface area contributed by atoms with Crippen LogP contribution in [0.5, 0.6) is 0 Å². The Morgan fingerprint density at radius 1 is 0.175 bits per heavy atom. The quantitative estimate of drug-likeness (QED) is 0.241. The zero-order valence-electron chi connectivity index (χ0n) is 38.1. The lowest BCUT2D eigenvalue weighted by molar-refractivity contribution is -0.0263. The van der Waals surface area contributed by atoms with Gasteiger partial charge in [-0.2, -0.15) is 0 Å². The van der Waals surface area contributed by atoms with Gasteiger partial charge in [0.2, 0.25) is 0 Å². The Kier molecular flexibility index (Phi) is 13.8. The molecule has 324 valence electrons. The minimum absolute atomic E-state index is 1.02. The molecule has 10 saturated carbocycles. The maximum atomic E-state index is 2.51. The number of rotatable bonds is 7. The summed E-state index contributed by atoms with van der Waals surface area (Å²) in [5, 5.41) is 0. The molecular formula is C57H96. The van der Waals surface area contributed by atoms with Gasteiger partial charge in [0.15, 0.2) is 0 Å². The van der Waals surface area contributed by atoms with E-state index in [4.69, 9.17) is 0 Å². The third kappa shape index (κ3) is 9.52. The van der Waals surface area contributed by atoms with Crippen molar-refractivity contribution in [1.82, 2.24) is 0 Å². The number of fused-ring (bicyclic) bond motifs is 3. The highest BCUT2D eigenvalue weighted by molar-refractivity contribution is 4.98. The van der Waals surface area contributed by atoms with E-state index in [0.29, 0.717) is 0 Å². The molecule has 0 radical (unpaired) electrons. The second kappa shape index (κ2) is 19.2. The van der Waals surface area contributed by atoms with Crippen LogP contribution in [0.25, 0.3) is 0 Å². The van der Waals surface area contributed by atoms with Crippen molar-refractivity contribution in [1.29, 1.82) is 0 Å². The van der Waals surface area contributed by atoms with Gasteiger partial charge < -0.3 is 0 Å². The second-order valence-electron chi connectivity index (χ2n) is 25.4. The SMILES string of the molecule is CC1CCC(C2CCC3C(CCC4CC(C5CCC(C6CCC(C7CCC(C8CCC(C9CCC(C%10CCCCC%10)CC9)CC8)CC7)CC6)CC5)CCC43)C2)CC1. The van der Waals surface area contributed by atoms with E-state index < -0.39 is 0 Å². The zero-order valence-corrected chi connectivity index (χ0v) is 38.1. The summed E-state index contributed by atoms with van der Waals surface area (Å²) in [7, 11) is 0. The van der Waals surface area contributed by atoms with Crippen LogP contribution in [0.4, 0.5) is 0 Å². The fraction of sp³-hybridized carbons (Fsp3) is 1.00. The molecule has 0 nitrogen and oxygen atoms in total. The van der Waals surface area contributed by atoms with Crippen molar-refractivity contribution >= 4 is 0 Å². The third-order valence-electron chi connectivity index (χ3n) is 23.1. The Labute approximate surface area is 355 Å². The van der Waals surface area contributed by atoms with Crippen molar-refractivity contribution in [3.8, 4) is 0 Å². The van der Waals surface area contributed by atoms with Gasteiger partial charge in [0.1, 0.15) is 0 Å². The van der Waals surface area contributed by atoms with Crippen LogP contribution >= 0.6 is 0 Å². The average Bonchev–Trinajstić information content (AvgIpc) is 3.29. The largest absolute Gasteiger partial charge is 0.0625 e. The van der Waals surface area contributed by atoms with Gasteiger partial charge in [-0.25, -0.2) is 0 Å². The fourth-order valence-corrected chi connectivity index (χ4v) is 19.5. The van der Waals surface area contributed by atoms with E-state index in [9.17, 15) is 0 Å². The summed E-state index contributed by atoms with van der Waals surface area (Å²) in [5.41, 5.74) is 0. The molecule has 0 saturated heterocycles. The molecule has 0 aliphatic heterocycles. The molecule has 0 aromatic carbocycles. The Bertz CT molecular complexity index is 1180. The number of hydrogen-bond donors (Lipinski definition) is 0.